The maximum atomic E-state index is 10.0. The topological polar surface area (TPSA) is 124 Å². The van der Waals surface area contributed by atoms with Crippen LogP contribution in [0.15, 0.2) is 0 Å². The van der Waals surface area contributed by atoms with Gasteiger partial charge in [-0.3, -0.25) is 0 Å². The van der Waals surface area contributed by atoms with Crippen LogP contribution in [0.2, 0.25) is 0 Å². The molecule has 0 aliphatic heterocycles. The smallest absolute Gasteiger partial charge is 0.139 e. The van der Waals surface area contributed by atoms with E-state index in [2.05, 4.69) is 0 Å². The van der Waals surface area contributed by atoms with Crippen LogP contribution in [0.4, 0.5) is 0 Å². The van der Waals surface area contributed by atoms with E-state index in [1.807, 2.05) is 0 Å². The Morgan fingerprint density at radius 2 is 1.75 bits per heavy atom. The van der Waals surface area contributed by atoms with E-state index in [1.54, 1.807) is 0 Å². The highest BCUT2D eigenvalue weighted by Gasteiger charge is 2.28. The summed E-state index contributed by atoms with van der Waals surface area (Å²) in [5, 5.41) is 35.2. The van der Waals surface area contributed by atoms with E-state index in [0.29, 0.717) is 0 Å². The molecule has 0 heterocycles. The lowest BCUT2D eigenvalue weighted by Gasteiger charge is -2.23. The van der Waals surface area contributed by atoms with Crippen molar-refractivity contribution in [2.45, 2.75) is 24.4 Å². The van der Waals surface area contributed by atoms with Gasteiger partial charge in [0, 0.05) is 0 Å². The van der Waals surface area contributed by atoms with Gasteiger partial charge < -0.3 is 31.0 Å². The molecular formula is C6H13NO5. The number of hydrogen-bond donors (Lipinski definition) is 5. The Bertz CT molecular complexity index is 142. The molecule has 0 spiro atoms. The molecule has 0 aromatic heterocycles. The summed E-state index contributed by atoms with van der Waals surface area (Å²) in [6, 6.07) is -1.26. The lowest BCUT2D eigenvalue weighted by Crippen LogP contribution is -2.49. The first kappa shape index (κ1) is 11.5. The van der Waals surface area contributed by atoms with Crippen LogP contribution in [0.1, 0.15) is 0 Å². The first-order chi connectivity index (χ1) is 5.54. The average Bonchev–Trinajstić information content (AvgIpc) is 2.12. The Morgan fingerprint density at radius 1 is 1.25 bits per heavy atom. The van der Waals surface area contributed by atoms with Gasteiger partial charge in [0.25, 0.3) is 0 Å². The number of aliphatic hydroxyl groups excluding tert-OH is 4. The molecule has 0 saturated carbocycles. The molecule has 6 heteroatoms. The molecule has 0 saturated heterocycles. The van der Waals surface area contributed by atoms with Crippen molar-refractivity contribution in [2.24, 2.45) is 5.73 Å². The van der Waals surface area contributed by atoms with Crippen LogP contribution in [-0.4, -0.2) is 57.7 Å². The van der Waals surface area contributed by atoms with Gasteiger partial charge in [-0.2, -0.15) is 0 Å². The molecule has 0 aromatic rings. The second-order valence-electron chi connectivity index (χ2n) is 2.44. The van der Waals surface area contributed by atoms with Gasteiger partial charge in [-0.05, 0) is 0 Å². The number of aliphatic hydroxyl groups is 4. The summed E-state index contributed by atoms with van der Waals surface area (Å²) >= 11 is 0. The lowest BCUT2D eigenvalue weighted by atomic mass is 10.0. The van der Waals surface area contributed by atoms with Crippen molar-refractivity contribution in [1.82, 2.24) is 0 Å². The van der Waals surface area contributed by atoms with Crippen LogP contribution in [0.25, 0.3) is 0 Å². The molecule has 6 N–H and O–H groups in total. The normalized spacial score (nSPS) is 21.1. The number of rotatable bonds is 5. The molecule has 0 aromatic carbocycles. The summed E-state index contributed by atoms with van der Waals surface area (Å²) < 4.78 is 0. The van der Waals surface area contributed by atoms with E-state index in [9.17, 15) is 4.79 Å². The molecule has 0 aliphatic carbocycles. The van der Waals surface area contributed by atoms with Gasteiger partial charge in [0.1, 0.15) is 24.6 Å². The molecule has 0 radical (unpaired) electrons. The molecule has 0 rings (SSSR count). The van der Waals surface area contributed by atoms with Gasteiger partial charge in [0.2, 0.25) is 0 Å². The fourth-order valence-electron chi connectivity index (χ4n) is 0.644. The van der Waals surface area contributed by atoms with Crippen LogP contribution in [0.5, 0.6) is 0 Å². The second kappa shape index (κ2) is 5.18. The monoisotopic (exact) mass is 179 g/mol. The minimum Gasteiger partial charge on any atom is -0.394 e. The summed E-state index contributed by atoms with van der Waals surface area (Å²) in [6.07, 6.45) is -4.43. The Hall–Kier alpha value is -0.530. The van der Waals surface area contributed by atoms with E-state index in [4.69, 9.17) is 26.2 Å². The predicted octanol–water partition coefficient (Wildman–Crippen LogP) is -3.41. The van der Waals surface area contributed by atoms with Crippen molar-refractivity contribution < 1.29 is 25.2 Å². The molecule has 0 fully saturated rings. The molecule has 0 amide bonds. The van der Waals surface area contributed by atoms with Gasteiger partial charge in [0.05, 0.1) is 12.6 Å². The van der Waals surface area contributed by atoms with Crippen molar-refractivity contribution in [2.75, 3.05) is 6.61 Å². The van der Waals surface area contributed by atoms with Crippen molar-refractivity contribution in [1.29, 1.82) is 0 Å². The summed E-state index contributed by atoms with van der Waals surface area (Å²) in [5.74, 6) is 0. The minimum absolute atomic E-state index is 0.248. The fraction of sp³-hybridized carbons (Fsp3) is 0.833. The molecular weight excluding hydrogens is 166 g/mol. The van der Waals surface area contributed by atoms with Gasteiger partial charge in [-0.25, -0.2) is 0 Å². The van der Waals surface area contributed by atoms with Crippen LogP contribution >= 0.6 is 0 Å². The Labute approximate surface area is 69.2 Å². The van der Waals surface area contributed by atoms with E-state index in [1.165, 1.54) is 0 Å². The zero-order valence-electron chi connectivity index (χ0n) is 6.37. The largest absolute Gasteiger partial charge is 0.394 e. The number of aldehydes is 1. The first-order valence-corrected chi connectivity index (χ1v) is 3.40. The van der Waals surface area contributed by atoms with E-state index >= 15 is 0 Å². The van der Waals surface area contributed by atoms with E-state index in [0.717, 1.165) is 0 Å². The highest BCUT2D eigenvalue weighted by Crippen LogP contribution is 2.01. The third kappa shape index (κ3) is 2.84. The van der Waals surface area contributed by atoms with Crippen LogP contribution in [0, 0.1) is 0 Å². The van der Waals surface area contributed by atoms with Crippen LogP contribution in [-0.2, 0) is 4.79 Å². The molecule has 4 atom stereocenters. The summed E-state index contributed by atoms with van der Waals surface area (Å²) in [5.41, 5.74) is 5.04. The van der Waals surface area contributed by atoms with Crippen molar-refractivity contribution in [3.05, 3.63) is 0 Å². The SMILES string of the molecule is N[C@H](C=O)[C@H](O)[C@@H](O)[C@H](O)CO. The summed E-state index contributed by atoms with van der Waals surface area (Å²) in [4.78, 5) is 10.0. The number of carbonyl (C=O) groups excluding carboxylic acids is 1. The Kier molecular flexibility index (Phi) is 4.95. The molecule has 6 nitrogen and oxygen atoms in total. The first-order valence-electron chi connectivity index (χ1n) is 3.40. The van der Waals surface area contributed by atoms with Gasteiger partial charge >= 0.3 is 0 Å². The van der Waals surface area contributed by atoms with Crippen LogP contribution < -0.4 is 5.73 Å². The van der Waals surface area contributed by atoms with Crippen molar-refractivity contribution in [3.8, 4) is 0 Å². The molecule has 0 bridgehead atoms. The van der Waals surface area contributed by atoms with E-state index in [-0.39, 0.29) is 6.29 Å². The molecule has 12 heavy (non-hydrogen) atoms. The van der Waals surface area contributed by atoms with Gasteiger partial charge in [0.15, 0.2) is 0 Å². The van der Waals surface area contributed by atoms with Gasteiger partial charge in [-0.15, -0.1) is 0 Å². The maximum Gasteiger partial charge on any atom is 0.139 e. The molecule has 0 unspecified atom stereocenters. The van der Waals surface area contributed by atoms with Crippen LogP contribution in [0.3, 0.4) is 0 Å². The number of hydrogen-bond acceptors (Lipinski definition) is 6. The second-order valence-corrected chi connectivity index (χ2v) is 2.44. The highest BCUT2D eigenvalue weighted by atomic mass is 16.4. The highest BCUT2D eigenvalue weighted by molar-refractivity contribution is 5.58. The lowest BCUT2D eigenvalue weighted by molar-refractivity contribution is -0.118. The third-order valence-electron chi connectivity index (χ3n) is 1.48. The fourth-order valence-corrected chi connectivity index (χ4v) is 0.644. The predicted molar refractivity (Wildman–Crippen MR) is 39.1 cm³/mol. The maximum absolute atomic E-state index is 10.0. The van der Waals surface area contributed by atoms with Gasteiger partial charge in [-0.1, -0.05) is 0 Å². The number of carbonyl (C=O) groups is 1. The Morgan fingerprint density at radius 3 is 2.08 bits per heavy atom. The third-order valence-corrected chi connectivity index (χ3v) is 1.48. The van der Waals surface area contributed by atoms with E-state index < -0.39 is 31.0 Å². The quantitative estimate of drug-likeness (QED) is 0.280. The minimum atomic E-state index is -1.62. The Balaban J connectivity index is 4.07. The standard InChI is InChI=1S/C6H13NO5/c7-3(1-8)5(11)6(12)4(10)2-9/h1,3-6,9-12H,2,7H2/t3-,4-,5+,6+/m1/s1. The number of nitrogens with two attached hydrogens (primary N) is 1. The zero-order valence-corrected chi connectivity index (χ0v) is 6.37. The average molecular weight is 179 g/mol. The summed E-state index contributed by atoms with van der Waals surface area (Å²) in [7, 11) is 0. The van der Waals surface area contributed by atoms with Crippen molar-refractivity contribution >= 4 is 6.29 Å². The van der Waals surface area contributed by atoms with Crippen molar-refractivity contribution in [3.63, 3.8) is 0 Å². The zero-order chi connectivity index (χ0) is 9.72. The summed E-state index contributed by atoms with van der Waals surface area (Å²) in [6.45, 7) is -0.705. The molecule has 72 valence electrons. The molecule has 0 aliphatic rings.